The summed E-state index contributed by atoms with van der Waals surface area (Å²) in [5, 5.41) is 0. The molecule has 1 aliphatic carbocycles. The number of benzene rings is 2. The van der Waals surface area contributed by atoms with Crippen LogP contribution in [0, 0.1) is 11.6 Å². The quantitative estimate of drug-likeness (QED) is 0.222. The van der Waals surface area contributed by atoms with Gasteiger partial charge in [-0.05, 0) is 75.7 Å². The van der Waals surface area contributed by atoms with Crippen LogP contribution in [-0.2, 0) is 20.7 Å². The molecule has 5 nitrogen and oxygen atoms in total. The fraction of sp³-hybridized carbons (Fsp3) is 0.516. The monoisotopic (exact) mass is 545 g/mol. The molecule has 212 valence electrons. The maximum Gasteiger partial charge on any atom is 0.332 e. The summed E-state index contributed by atoms with van der Waals surface area (Å²) in [5.74, 6) is -1.71. The smallest absolute Gasteiger partial charge is 0.332 e. The summed E-state index contributed by atoms with van der Waals surface area (Å²) in [6.45, 7) is 7.57. The fourth-order valence-electron chi connectivity index (χ4n) is 5.61. The molecule has 0 bridgehead atoms. The molecule has 2 atom stereocenters. The standard InChI is InChI=1S/C31H38F3NO4/c1-5-38-28(36)18-37-12-8-9-13-39-22-16-26(32)29(27(33)17-22)30-25-15-21-10-6-7-11-23(21)24(25)14-20(2)35(30)19-31(3,4)34/h6-7,10-11,16-17,20,30H,5,8-9,12-15,18-19H2,1-4H3/t20-,30+/m1/s1. The van der Waals surface area contributed by atoms with Crippen LogP contribution in [0.15, 0.2) is 42.0 Å². The van der Waals surface area contributed by atoms with Crippen molar-refractivity contribution in [3.8, 4) is 5.75 Å². The number of nitrogens with zero attached hydrogens (tertiary/aromatic N) is 1. The van der Waals surface area contributed by atoms with Gasteiger partial charge in [0, 0.05) is 36.9 Å². The Morgan fingerprint density at radius 3 is 2.49 bits per heavy atom. The van der Waals surface area contributed by atoms with Gasteiger partial charge in [-0.15, -0.1) is 0 Å². The molecule has 1 heterocycles. The SMILES string of the molecule is CCOC(=O)COCCCCOc1cc(F)c([C@@H]2C3=C(C[C@@H](C)N2CC(C)(C)F)c2ccccc2C3)c(F)c1. The molecule has 2 aromatic carbocycles. The molecule has 0 fully saturated rings. The molecule has 2 aromatic rings. The highest BCUT2D eigenvalue weighted by atomic mass is 19.1. The Hall–Kier alpha value is -2.84. The van der Waals surface area contributed by atoms with E-state index in [0.717, 1.165) is 22.3 Å². The van der Waals surface area contributed by atoms with Crippen molar-refractivity contribution >= 4 is 11.5 Å². The highest BCUT2D eigenvalue weighted by Gasteiger charge is 2.42. The molecule has 0 saturated carbocycles. The van der Waals surface area contributed by atoms with E-state index < -0.39 is 29.3 Å². The van der Waals surface area contributed by atoms with Crippen LogP contribution < -0.4 is 4.74 Å². The van der Waals surface area contributed by atoms with Crippen LogP contribution in [0.3, 0.4) is 0 Å². The molecule has 0 aromatic heterocycles. The van der Waals surface area contributed by atoms with Crippen molar-refractivity contribution in [1.82, 2.24) is 4.90 Å². The van der Waals surface area contributed by atoms with Gasteiger partial charge in [-0.2, -0.15) is 0 Å². The third-order valence-electron chi connectivity index (χ3n) is 7.20. The first-order valence-corrected chi connectivity index (χ1v) is 13.7. The van der Waals surface area contributed by atoms with Crippen molar-refractivity contribution in [1.29, 1.82) is 0 Å². The molecule has 0 N–H and O–H groups in total. The molecule has 0 unspecified atom stereocenters. The number of carbonyl (C=O) groups excluding carboxylic acids is 1. The Bertz CT molecular complexity index is 1180. The second kappa shape index (κ2) is 12.6. The second-order valence-corrected chi connectivity index (χ2v) is 10.9. The van der Waals surface area contributed by atoms with E-state index in [4.69, 9.17) is 14.2 Å². The van der Waals surface area contributed by atoms with E-state index in [1.54, 1.807) is 6.92 Å². The number of hydrogen-bond acceptors (Lipinski definition) is 5. The van der Waals surface area contributed by atoms with Crippen LogP contribution in [0.4, 0.5) is 13.2 Å². The normalized spacial score (nSPS) is 19.2. The first kappa shape index (κ1) is 29.2. The van der Waals surface area contributed by atoms with Gasteiger partial charge >= 0.3 is 5.97 Å². The van der Waals surface area contributed by atoms with E-state index in [-0.39, 0.29) is 37.1 Å². The molecule has 0 saturated heterocycles. The first-order valence-electron chi connectivity index (χ1n) is 13.7. The lowest BCUT2D eigenvalue weighted by molar-refractivity contribution is -0.148. The highest BCUT2D eigenvalue weighted by molar-refractivity contribution is 5.79. The predicted molar refractivity (Wildman–Crippen MR) is 144 cm³/mol. The van der Waals surface area contributed by atoms with Gasteiger partial charge in [0.25, 0.3) is 0 Å². The van der Waals surface area contributed by atoms with Crippen molar-refractivity contribution in [3.05, 3.63) is 70.3 Å². The maximum absolute atomic E-state index is 15.7. The van der Waals surface area contributed by atoms with Crippen LogP contribution in [0.1, 0.15) is 69.7 Å². The molecule has 1 aliphatic heterocycles. The number of esters is 1. The maximum atomic E-state index is 15.7. The van der Waals surface area contributed by atoms with E-state index >= 15 is 8.78 Å². The molecular formula is C31H38F3NO4. The molecule has 0 radical (unpaired) electrons. The molecule has 0 spiro atoms. The zero-order valence-electron chi connectivity index (χ0n) is 23.2. The summed E-state index contributed by atoms with van der Waals surface area (Å²) in [5.41, 5.74) is 2.70. The van der Waals surface area contributed by atoms with Crippen molar-refractivity contribution < 1.29 is 32.2 Å². The number of ether oxygens (including phenoxy) is 3. The zero-order chi connectivity index (χ0) is 28.2. The van der Waals surface area contributed by atoms with Gasteiger partial charge in [-0.3, -0.25) is 4.90 Å². The Morgan fingerprint density at radius 1 is 1.10 bits per heavy atom. The van der Waals surface area contributed by atoms with Gasteiger partial charge < -0.3 is 14.2 Å². The number of hydrogen-bond donors (Lipinski definition) is 0. The predicted octanol–water partition coefficient (Wildman–Crippen LogP) is 6.60. The van der Waals surface area contributed by atoms with Gasteiger partial charge in [-0.1, -0.05) is 24.3 Å². The van der Waals surface area contributed by atoms with E-state index in [9.17, 15) is 9.18 Å². The minimum atomic E-state index is -1.54. The number of unbranched alkanes of at least 4 members (excludes halogenated alkanes) is 1. The first-order chi connectivity index (χ1) is 18.6. The molecular weight excluding hydrogens is 507 g/mol. The zero-order valence-corrected chi connectivity index (χ0v) is 23.2. The van der Waals surface area contributed by atoms with Crippen LogP contribution in [0.25, 0.3) is 5.57 Å². The van der Waals surface area contributed by atoms with E-state index in [1.807, 2.05) is 30.0 Å². The summed E-state index contributed by atoms with van der Waals surface area (Å²) < 4.78 is 62.0. The lowest BCUT2D eigenvalue weighted by atomic mass is 9.84. The Labute approximate surface area is 228 Å². The van der Waals surface area contributed by atoms with Gasteiger partial charge in [0.2, 0.25) is 0 Å². The van der Waals surface area contributed by atoms with Gasteiger partial charge in [-0.25, -0.2) is 18.0 Å². The summed E-state index contributed by atoms with van der Waals surface area (Å²) >= 11 is 0. The van der Waals surface area contributed by atoms with Crippen molar-refractivity contribution in [2.24, 2.45) is 0 Å². The van der Waals surface area contributed by atoms with Gasteiger partial charge in [0.1, 0.15) is 29.7 Å². The summed E-state index contributed by atoms with van der Waals surface area (Å²) in [6.07, 6.45) is 2.49. The fourth-order valence-corrected chi connectivity index (χ4v) is 5.61. The lowest BCUT2D eigenvalue weighted by Gasteiger charge is -2.44. The van der Waals surface area contributed by atoms with Crippen LogP contribution >= 0.6 is 0 Å². The van der Waals surface area contributed by atoms with Crippen molar-refractivity contribution in [3.63, 3.8) is 0 Å². The minimum Gasteiger partial charge on any atom is -0.493 e. The number of rotatable bonds is 12. The molecule has 4 rings (SSSR count). The largest absolute Gasteiger partial charge is 0.493 e. The summed E-state index contributed by atoms with van der Waals surface area (Å²) in [7, 11) is 0. The minimum absolute atomic E-state index is 0.0569. The van der Waals surface area contributed by atoms with Crippen molar-refractivity contribution in [2.45, 2.75) is 71.1 Å². The number of alkyl halides is 1. The Balaban J connectivity index is 1.50. The van der Waals surface area contributed by atoms with Gasteiger partial charge in [0.15, 0.2) is 0 Å². The van der Waals surface area contributed by atoms with Crippen molar-refractivity contribution in [2.75, 3.05) is 33.0 Å². The highest BCUT2D eigenvalue weighted by Crippen LogP contribution is 2.50. The summed E-state index contributed by atoms with van der Waals surface area (Å²) in [6, 6.07) is 9.68. The number of fused-ring (bicyclic) bond motifs is 2. The van der Waals surface area contributed by atoms with Crippen LogP contribution in [-0.4, -0.2) is 55.6 Å². The Kier molecular flexibility index (Phi) is 9.39. The number of halogens is 3. The molecule has 0 amide bonds. The lowest BCUT2D eigenvalue weighted by Crippen LogP contribution is -2.47. The summed E-state index contributed by atoms with van der Waals surface area (Å²) in [4.78, 5) is 13.2. The van der Waals surface area contributed by atoms with Crippen LogP contribution in [0.5, 0.6) is 5.75 Å². The van der Waals surface area contributed by atoms with E-state index in [0.29, 0.717) is 38.9 Å². The van der Waals surface area contributed by atoms with E-state index in [1.165, 1.54) is 26.0 Å². The van der Waals surface area contributed by atoms with Crippen LogP contribution in [0.2, 0.25) is 0 Å². The van der Waals surface area contributed by atoms with Gasteiger partial charge in [0.05, 0.1) is 19.3 Å². The molecule has 39 heavy (non-hydrogen) atoms. The third kappa shape index (κ3) is 7.03. The molecule has 8 heteroatoms. The Morgan fingerprint density at radius 2 is 1.79 bits per heavy atom. The van der Waals surface area contributed by atoms with E-state index in [2.05, 4.69) is 6.07 Å². The third-order valence-corrected chi connectivity index (χ3v) is 7.20. The molecule has 2 aliphatic rings. The average Bonchev–Trinajstić information content (AvgIpc) is 3.22. The topological polar surface area (TPSA) is 48.0 Å². The second-order valence-electron chi connectivity index (χ2n) is 10.9. The average molecular weight is 546 g/mol. The number of carbonyl (C=O) groups is 1.